The van der Waals surface area contributed by atoms with Gasteiger partial charge in [-0.2, -0.15) is 0 Å². The highest BCUT2D eigenvalue weighted by Gasteiger charge is 2.31. The van der Waals surface area contributed by atoms with Crippen LogP contribution < -0.4 is 15.4 Å². The van der Waals surface area contributed by atoms with Crippen molar-refractivity contribution in [3.8, 4) is 5.75 Å². The molecule has 4 nitrogen and oxygen atoms in total. The molecule has 2 aromatic carbocycles. The summed E-state index contributed by atoms with van der Waals surface area (Å²) in [7, 11) is 1.62. The summed E-state index contributed by atoms with van der Waals surface area (Å²) in [5.41, 5.74) is 9.62. The van der Waals surface area contributed by atoms with Gasteiger partial charge in [-0.25, -0.2) is 0 Å². The van der Waals surface area contributed by atoms with Crippen LogP contribution in [0.3, 0.4) is 0 Å². The Hall–Kier alpha value is -2.33. The molecule has 0 radical (unpaired) electrons. The minimum atomic E-state index is 0.0167. The van der Waals surface area contributed by atoms with E-state index in [9.17, 15) is 4.79 Å². The molecule has 22 heavy (non-hydrogen) atoms. The predicted molar refractivity (Wildman–Crippen MR) is 87.3 cm³/mol. The number of hydrogen-bond donors (Lipinski definition) is 1. The number of carbonyl (C=O) groups is 1. The summed E-state index contributed by atoms with van der Waals surface area (Å²) in [4.78, 5) is 14.7. The number of amides is 1. The van der Waals surface area contributed by atoms with E-state index in [0.717, 1.165) is 23.4 Å². The molecule has 1 aliphatic heterocycles. The largest absolute Gasteiger partial charge is 0.497 e. The van der Waals surface area contributed by atoms with Crippen molar-refractivity contribution in [2.45, 2.75) is 25.9 Å². The first-order valence-electron chi connectivity index (χ1n) is 7.43. The van der Waals surface area contributed by atoms with Crippen LogP contribution >= 0.6 is 0 Å². The van der Waals surface area contributed by atoms with Crippen LogP contribution in [0, 0.1) is 0 Å². The fraction of sp³-hybridized carbons (Fsp3) is 0.278. The lowest BCUT2D eigenvalue weighted by Crippen LogP contribution is -2.35. The molecule has 0 aliphatic carbocycles. The molecule has 3 rings (SSSR count). The topological polar surface area (TPSA) is 55.6 Å². The molecule has 0 unspecified atom stereocenters. The van der Waals surface area contributed by atoms with Gasteiger partial charge >= 0.3 is 0 Å². The third-order valence-electron chi connectivity index (χ3n) is 4.16. The number of fused-ring (bicyclic) bond motifs is 1. The predicted octanol–water partition coefficient (Wildman–Crippen LogP) is 2.75. The van der Waals surface area contributed by atoms with E-state index >= 15 is 0 Å². The molecule has 1 aliphatic rings. The van der Waals surface area contributed by atoms with E-state index in [1.165, 1.54) is 5.56 Å². The fourth-order valence-electron chi connectivity index (χ4n) is 2.96. The average molecular weight is 296 g/mol. The second-order valence-corrected chi connectivity index (χ2v) is 5.62. The Bertz CT molecular complexity index is 695. The Morgan fingerprint density at radius 3 is 2.64 bits per heavy atom. The van der Waals surface area contributed by atoms with E-state index < -0.39 is 0 Å². The SMILES string of the molecule is COc1ccc(C(=O)N2c3cc(CN)ccc3C[C@H]2C)cc1. The van der Waals surface area contributed by atoms with Gasteiger partial charge in [0.15, 0.2) is 0 Å². The summed E-state index contributed by atoms with van der Waals surface area (Å²) in [5.74, 6) is 0.764. The number of rotatable bonds is 3. The quantitative estimate of drug-likeness (QED) is 0.947. The van der Waals surface area contributed by atoms with Gasteiger partial charge in [-0.1, -0.05) is 12.1 Å². The highest BCUT2D eigenvalue weighted by Crippen LogP contribution is 2.34. The van der Waals surface area contributed by atoms with Crippen molar-refractivity contribution in [1.82, 2.24) is 0 Å². The Labute approximate surface area is 130 Å². The molecular weight excluding hydrogens is 276 g/mol. The molecule has 0 saturated carbocycles. The monoisotopic (exact) mass is 296 g/mol. The molecule has 0 saturated heterocycles. The van der Waals surface area contributed by atoms with Gasteiger partial charge in [0.1, 0.15) is 5.75 Å². The summed E-state index contributed by atoms with van der Waals surface area (Å²) in [6, 6.07) is 13.5. The Kier molecular flexibility index (Phi) is 3.86. The second kappa shape index (κ2) is 5.81. The van der Waals surface area contributed by atoms with Gasteiger partial charge in [0, 0.05) is 23.8 Å². The average Bonchev–Trinajstić information content (AvgIpc) is 2.89. The van der Waals surface area contributed by atoms with E-state index in [4.69, 9.17) is 10.5 Å². The Morgan fingerprint density at radius 2 is 2.00 bits per heavy atom. The zero-order valence-electron chi connectivity index (χ0n) is 12.9. The molecule has 1 amide bonds. The van der Waals surface area contributed by atoms with Crippen molar-refractivity contribution >= 4 is 11.6 Å². The van der Waals surface area contributed by atoms with Crippen LogP contribution in [0.2, 0.25) is 0 Å². The summed E-state index contributed by atoms with van der Waals surface area (Å²) >= 11 is 0. The van der Waals surface area contributed by atoms with E-state index in [1.807, 2.05) is 29.2 Å². The standard InChI is InChI=1S/C18H20N2O2/c1-12-9-15-4-3-13(11-19)10-17(15)20(12)18(21)14-5-7-16(22-2)8-6-14/h3-8,10,12H,9,11,19H2,1-2H3/t12-/m1/s1. The van der Waals surface area contributed by atoms with Crippen LogP contribution in [-0.4, -0.2) is 19.1 Å². The number of hydrogen-bond acceptors (Lipinski definition) is 3. The Morgan fingerprint density at radius 1 is 1.27 bits per heavy atom. The summed E-state index contributed by atoms with van der Waals surface area (Å²) in [5, 5.41) is 0. The number of benzene rings is 2. The number of carbonyl (C=O) groups excluding carboxylic acids is 1. The molecular formula is C18H20N2O2. The highest BCUT2D eigenvalue weighted by atomic mass is 16.5. The first kappa shape index (κ1) is 14.6. The van der Waals surface area contributed by atoms with Gasteiger partial charge < -0.3 is 15.4 Å². The summed E-state index contributed by atoms with van der Waals surface area (Å²) in [6.07, 6.45) is 0.877. The van der Waals surface area contributed by atoms with Crippen LogP contribution in [0.15, 0.2) is 42.5 Å². The number of methoxy groups -OCH3 is 1. The van der Waals surface area contributed by atoms with E-state index in [2.05, 4.69) is 13.0 Å². The molecule has 0 fully saturated rings. The molecule has 2 aromatic rings. The van der Waals surface area contributed by atoms with E-state index in [-0.39, 0.29) is 11.9 Å². The molecule has 4 heteroatoms. The lowest BCUT2D eigenvalue weighted by atomic mass is 10.1. The smallest absolute Gasteiger partial charge is 0.258 e. The molecule has 0 spiro atoms. The van der Waals surface area contributed by atoms with E-state index in [1.54, 1.807) is 19.2 Å². The maximum Gasteiger partial charge on any atom is 0.258 e. The number of anilines is 1. The fourth-order valence-corrected chi connectivity index (χ4v) is 2.96. The van der Waals surface area contributed by atoms with Crippen molar-refractivity contribution in [2.24, 2.45) is 5.73 Å². The van der Waals surface area contributed by atoms with Crippen LogP contribution in [-0.2, 0) is 13.0 Å². The van der Waals surface area contributed by atoms with Crippen LogP contribution in [0.1, 0.15) is 28.4 Å². The van der Waals surface area contributed by atoms with Gasteiger partial charge in [-0.05, 0) is 54.8 Å². The minimum absolute atomic E-state index is 0.0167. The normalized spacial score (nSPS) is 16.5. The maximum absolute atomic E-state index is 12.9. The summed E-state index contributed by atoms with van der Waals surface area (Å²) in [6.45, 7) is 2.55. The second-order valence-electron chi connectivity index (χ2n) is 5.62. The van der Waals surface area contributed by atoms with E-state index in [0.29, 0.717) is 12.1 Å². The first-order valence-corrected chi connectivity index (χ1v) is 7.43. The third kappa shape index (κ3) is 2.46. The minimum Gasteiger partial charge on any atom is -0.497 e. The van der Waals surface area contributed by atoms with Crippen molar-refractivity contribution in [3.63, 3.8) is 0 Å². The number of nitrogens with zero attached hydrogens (tertiary/aromatic N) is 1. The van der Waals surface area contributed by atoms with Crippen molar-refractivity contribution in [3.05, 3.63) is 59.2 Å². The number of ether oxygens (including phenoxy) is 1. The van der Waals surface area contributed by atoms with Gasteiger partial charge in [0.25, 0.3) is 5.91 Å². The molecule has 0 bridgehead atoms. The van der Waals surface area contributed by atoms with Crippen LogP contribution in [0.5, 0.6) is 5.75 Å². The van der Waals surface area contributed by atoms with Crippen molar-refractivity contribution < 1.29 is 9.53 Å². The van der Waals surface area contributed by atoms with Crippen molar-refractivity contribution in [2.75, 3.05) is 12.0 Å². The lowest BCUT2D eigenvalue weighted by Gasteiger charge is -2.23. The van der Waals surface area contributed by atoms with Gasteiger partial charge in [-0.15, -0.1) is 0 Å². The van der Waals surface area contributed by atoms with Crippen LogP contribution in [0.25, 0.3) is 0 Å². The molecule has 1 heterocycles. The van der Waals surface area contributed by atoms with Crippen molar-refractivity contribution in [1.29, 1.82) is 0 Å². The maximum atomic E-state index is 12.9. The molecule has 114 valence electrons. The molecule has 1 atom stereocenters. The van der Waals surface area contributed by atoms with Gasteiger partial charge in [-0.3, -0.25) is 4.79 Å². The van der Waals surface area contributed by atoms with Gasteiger partial charge in [0.05, 0.1) is 7.11 Å². The number of nitrogens with two attached hydrogens (primary N) is 1. The van der Waals surface area contributed by atoms with Crippen LogP contribution in [0.4, 0.5) is 5.69 Å². The van der Waals surface area contributed by atoms with Gasteiger partial charge in [0.2, 0.25) is 0 Å². The third-order valence-corrected chi connectivity index (χ3v) is 4.16. The zero-order valence-corrected chi connectivity index (χ0v) is 12.9. The molecule has 0 aromatic heterocycles. The highest BCUT2D eigenvalue weighted by molar-refractivity contribution is 6.07. The lowest BCUT2D eigenvalue weighted by molar-refractivity contribution is 0.0981. The first-order chi connectivity index (χ1) is 10.6. The Balaban J connectivity index is 1.95. The zero-order chi connectivity index (χ0) is 15.7. The molecule has 2 N–H and O–H groups in total. The summed E-state index contributed by atoms with van der Waals surface area (Å²) < 4.78 is 5.14.